The molecule has 0 aliphatic rings. The van der Waals surface area contributed by atoms with Crippen molar-refractivity contribution in [3.05, 3.63) is 57.9 Å². The van der Waals surface area contributed by atoms with E-state index in [-0.39, 0.29) is 17.2 Å². The number of terminal acetylenes is 1. The van der Waals surface area contributed by atoms with Gasteiger partial charge in [0.15, 0.2) is 14.6 Å². The number of hydrogen-bond donors (Lipinski definition) is 0. The Kier molecular flexibility index (Phi) is 6.30. The number of rotatable bonds is 5. The second-order valence-corrected chi connectivity index (χ2v) is 11.0. The van der Waals surface area contributed by atoms with Crippen LogP contribution in [0.4, 0.5) is 0 Å². The Bertz CT molecular complexity index is 1320. The quantitative estimate of drug-likeness (QED) is 0.567. The molecular weight excluding hydrogens is 416 g/mol. The van der Waals surface area contributed by atoms with Crippen LogP contribution in [-0.4, -0.2) is 24.1 Å². The maximum absolute atomic E-state index is 12.6. The summed E-state index contributed by atoms with van der Waals surface area (Å²) < 4.78 is 27.4. The predicted molar refractivity (Wildman–Crippen MR) is 121 cm³/mol. The molecule has 1 heterocycles. The molecule has 0 atom stereocenters. The Balaban J connectivity index is 1.94. The van der Waals surface area contributed by atoms with Crippen LogP contribution in [0.15, 0.2) is 46.3 Å². The van der Waals surface area contributed by atoms with Crippen LogP contribution < -0.4 is 4.80 Å². The third-order valence-electron chi connectivity index (χ3n) is 4.81. The van der Waals surface area contributed by atoms with E-state index in [4.69, 9.17) is 6.42 Å². The molecule has 2 aromatic carbocycles. The molecule has 0 unspecified atom stereocenters. The topological polar surface area (TPSA) is 68.5 Å². The van der Waals surface area contributed by atoms with Crippen LogP contribution in [0, 0.1) is 26.2 Å². The fourth-order valence-electron chi connectivity index (χ4n) is 3.23. The van der Waals surface area contributed by atoms with Crippen molar-refractivity contribution in [1.29, 1.82) is 0 Å². The lowest BCUT2D eigenvalue weighted by atomic mass is 10.1. The molecule has 3 rings (SSSR count). The fraction of sp³-hybridized carbons (Fsp3) is 0.304. The van der Waals surface area contributed by atoms with Gasteiger partial charge in [-0.3, -0.25) is 4.79 Å². The zero-order valence-electron chi connectivity index (χ0n) is 17.5. The molecule has 0 radical (unpaired) electrons. The first-order valence-electron chi connectivity index (χ1n) is 9.58. The summed E-state index contributed by atoms with van der Waals surface area (Å²) in [5.41, 5.74) is 3.93. The van der Waals surface area contributed by atoms with Gasteiger partial charge < -0.3 is 4.57 Å². The molecule has 7 heteroatoms. The summed E-state index contributed by atoms with van der Waals surface area (Å²) in [4.78, 5) is 17.8. The first-order chi connectivity index (χ1) is 14.1. The number of aromatic nitrogens is 1. The molecule has 0 fully saturated rings. The van der Waals surface area contributed by atoms with Crippen molar-refractivity contribution in [2.24, 2.45) is 4.99 Å². The standard InChI is InChI=1S/C23H24N2O3S2/c1-6-11-25-20-13-16(4)12-17(5)22(20)29-23(25)24-21(26)14-18-7-9-19(10-8-18)30(27,28)15(2)3/h1,7-10,12-13,15H,11,14H2,2-5H3. The number of sulfone groups is 1. The second kappa shape index (κ2) is 8.58. The van der Waals surface area contributed by atoms with Gasteiger partial charge in [-0.05, 0) is 62.6 Å². The number of hydrogen-bond acceptors (Lipinski definition) is 4. The number of benzene rings is 2. The first-order valence-corrected chi connectivity index (χ1v) is 11.9. The summed E-state index contributed by atoms with van der Waals surface area (Å²) in [5.74, 6) is 2.33. The van der Waals surface area contributed by atoms with Gasteiger partial charge in [0.05, 0.1) is 33.3 Å². The van der Waals surface area contributed by atoms with Gasteiger partial charge in [0, 0.05) is 0 Å². The van der Waals surface area contributed by atoms with Crippen molar-refractivity contribution in [3.8, 4) is 12.3 Å². The molecule has 1 amide bonds. The highest BCUT2D eigenvalue weighted by Gasteiger charge is 2.19. The summed E-state index contributed by atoms with van der Waals surface area (Å²) in [6.07, 6.45) is 5.63. The van der Waals surface area contributed by atoms with E-state index in [1.165, 1.54) is 11.3 Å². The van der Waals surface area contributed by atoms with Crippen LogP contribution in [0.1, 0.15) is 30.5 Å². The van der Waals surface area contributed by atoms with Crippen molar-refractivity contribution in [1.82, 2.24) is 4.57 Å². The number of aryl methyl sites for hydroxylation is 2. The average molecular weight is 441 g/mol. The van der Waals surface area contributed by atoms with Crippen LogP contribution in [0.25, 0.3) is 10.2 Å². The smallest absolute Gasteiger partial charge is 0.252 e. The Morgan fingerprint density at radius 3 is 2.47 bits per heavy atom. The van der Waals surface area contributed by atoms with Crippen LogP contribution in [0.5, 0.6) is 0 Å². The maximum atomic E-state index is 12.6. The molecule has 0 aliphatic heterocycles. The SMILES string of the molecule is C#CCn1c(=NC(=O)Cc2ccc(S(=O)(=O)C(C)C)cc2)sc2c(C)cc(C)cc21. The van der Waals surface area contributed by atoms with E-state index in [2.05, 4.69) is 17.0 Å². The fourth-order valence-corrected chi connectivity index (χ4v) is 5.39. The summed E-state index contributed by atoms with van der Waals surface area (Å²) in [5, 5.41) is -0.494. The summed E-state index contributed by atoms with van der Waals surface area (Å²) in [7, 11) is -3.33. The molecule has 0 aliphatic carbocycles. The van der Waals surface area contributed by atoms with Crippen molar-refractivity contribution in [2.75, 3.05) is 0 Å². The van der Waals surface area contributed by atoms with Gasteiger partial charge in [-0.2, -0.15) is 4.99 Å². The van der Waals surface area contributed by atoms with Crippen LogP contribution in [0.3, 0.4) is 0 Å². The highest BCUT2D eigenvalue weighted by Crippen LogP contribution is 2.23. The third-order valence-corrected chi connectivity index (χ3v) is 8.21. The van der Waals surface area contributed by atoms with Crippen LogP contribution >= 0.6 is 11.3 Å². The van der Waals surface area contributed by atoms with Crippen LogP contribution in [0.2, 0.25) is 0 Å². The van der Waals surface area contributed by atoms with E-state index in [1.54, 1.807) is 38.1 Å². The molecule has 0 saturated heterocycles. The number of thiazole rings is 1. The zero-order valence-corrected chi connectivity index (χ0v) is 19.1. The van der Waals surface area contributed by atoms with E-state index < -0.39 is 15.1 Å². The van der Waals surface area contributed by atoms with Crippen molar-refractivity contribution >= 4 is 37.3 Å². The minimum Gasteiger partial charge on any atom is -0.305 e. The first kappa shape index (κ1) is 22.0. The van der Waals surface area contributed by atoms with Crippen molar-refractivity contribution in [2.45, 2.75) is 50.8 Å². The van der Waals surface area contributed by atoms with Crippen LogP contribution in [-0.2, 0) is 27.6 Å². The normalized spacial score (nSPS) is 12.5. The molecule has 1 aromatic heterocycles. The lowest BCUT2D eigenvalue weighted by molar-refractivity contribution is -0.117. The third kappa shape index (κ3) is 4.40. The van der Waals surface area contributed by atoms with Gasteiger partial charge in [0.2, 0.25) is 0 Å². The highest BCUT2D eigenvalue weighted by atomic mass is 32.2. The number of amides is 1. The van der Waals surface area contributed by atoms with Gasteiger partial charge in [-0.1, -0.05) is 35.5 Å². The number of carbonyl (C=O) groups is 1. The summed E-state index contributed by atoms with van der Waals surface area (Å²) in [6.45, 7) is 7.67. The van der Waals surface area contributed by atoms with E-state index >= 15 is 0 Å². The Labute approximate surface area is 181 Å². The van der Waals surface area contributed by atoms with Crippen molar-refractivity contribution < 1.29 is 13.2 Å². The Hall–Kier alpha value is -2.69. The van der Waals surface area contributed by atoms with E-state index in [0.717, 1.165) is 21.3 Å². The van der Waals surface area contributed by atoms with E-state index in [1.807, 2.05) is 24.5 Å². The molecule has 0 N–H and O–H groups in total. The Morgan fingerprint density at radius 2 is 1.87 bits per heavy atom. The average Bonchev–Trinajstić information content (AvgIpc) is 3.00. The summed E-state index contributed by atoms with van der Waals surface area (Å²) >= 11 is 1.45. The molecule has 30 heavy (non-hydrogen) atoms. The van der Waals surface area contributed by atoms with Gasteiger partial charge in [-0.25, -0.2) is 8.42 Å². The van der Waals surface area contributed by atoms with Crippen molar-refractivity contribution in [3.63, 3.8) is 0 Å². The molecule has 0 spiro atoms. The molecule has 0 saturated carbocycles. The minimum absolute atomic E-state index is 0.0876. The zero-order chi connectivity index (χ0) is 22.1. The van der Waals surface area contributed by atoms with Gasteiger partial charge in [0.25, 0.3) is 5.91 Å². The lowest BCUT2D eigenvalue weighted by Crippen LogP contribution is -2.17. The van der Waals surface area contributed by atoms with E-state index in [0.29, 0.717) is 16.9 Å². The molecule has 0 bridgehead atoms. The minimum atomic E-state index is -3.33. The number of fused-ring (bicyclic) bond motifs is 1. The Morgan fingerprint density at radius 1 is 1.20 bits per heavy atom. The second-order valence-electron chi connectivity index (χ2n) is 7.53. The van der Waals surface area contributed by atoms with Gasteiger partial charge >= 0.3 is 0 Å². The molecule has 156 valence electrons. The molecular formula is C23H24N2O3S2. The maximum Gasteiger partial charge on any atom is 0.252 e. The lowest BCUT2D eigenvalue weighted by Gasteiger charge is -2.08. The number of carbonyl (C=O) groups excluding carboxylic acids is 1. The van der Waals surface area contributed by atoms with E-state index in [9.17, 15) is 13.2 Å². The molecule has 3 aromatic rings. The highest BCUT2D eigenvalue weighted by molar-refractivity contribution is 7.92. The molecule has 5 nitrogen and oxygen atoms in total. The predicted octanol–water partition coefficient (Wildman–Crippen LogP) is 3.80. The van der Waals surface area contributed by atoms with Gasteiger partial charge in [0.1, 0.15) is 0 Å². The van der Waals surface area contributed by atoms with Gasteiger partial charge in [-0.15, -0.1) is 6.42 Å². The largest absolute Gasteiger partial charge is 0.305 e. The summed E-state index contributed by atoms with van der Waals surface area (Å²) in [6, 6.07) is 10.6. The monoisotopic (exact) mass is 440 g/mol. The number of nitrogens with zero attached hydrogens (tertiary/aromatic N) is 2.